The average molecular weight is 399 g/mol. The third-order valence-corrected chi connectivity index (χ3v) is 5.87. The number of amides is 2. The molecule has 4 rings (SSSR count). The van der Waals surface area contributed by atoms with E-state index in [1.807, 2.05) is 55.5 Å². The van der Waals surface area contributed by atoms with Crippen molar-refractivity contribution < 1.29 is 9.59 Å². The van der Waals surface area contributed by atoms with Crippen molar-refractivity contribution in [3.05, 3.63) is 77.4 Å². The summed E-state index contributed by atoms with van der Waals surface area (Å²) < 4.78 is 0. The van der Waals surface area contributed by atoms with E-state index in [4.69, 9.17) is 0 Å². The van der Waals surface area contributed by atoms with Gasteiger partial charge in [-0.05, 0) is 54.5 Å². The van der Waals surface area contributed by atoms with Crippen LogP contribution in [-0.4, -0.2) is 17.5 Å². The van der Waals surface area contributed by atoms with Gasteiger partial charge in [-0.3, -0.25) is 9.59 Å². The van der Waals surface area contributed by atoms with Gasteiger partial charge >= 0.3 is 0 Å². The van der Waals surface area contributed by atoms with Gasteiger partial charge in [0.25, 0.3) is 11.8 Å². The predicted molar refractivity (Wildman–Crippen MR) is 121 cm³/mol. The summed E-state index contributed by atoms with van der Waals surface area (Å²) in [5.41, 5.74) is 6.71. The monoisotopic (exact) mass is 399 g/mol. The summed E-state index contributed by atoms with van der Waals surface area (Å²) in [4.78, 5) is 27.1. The maximum absolute atomic E-state index is 12.9. The van der Waals surface area contributed by atoms with E-state index < -0.39 is 0 Å². The molecule has 5 nitrogen and oxygen atoms in total. The van der Waals surface area contributed by atoms with Crippen LogP contribution in [0.25, 0.3) is 10.8 Å². The van der Waals surface area contributed by atoms with E-state index in [0.29, 0.717) is 18.0 Å². The fraction of sp³-hybridized carbons (Fsp3) is 0.240. The summed E-state index contributed by atoms with van der Waals surface area (Å²) in [5, 5.41) is 6.28. The summed E-state index contributed by atoms with van der Waals surface area (Å²) in [6, 6.07) is 19.1. The minimum Gasteiger partial charge on any atom is -0.303 e. The van der Waals surface area contributed by atoms with Crippen LogP contribution in [0.4, 0.5) is 5.69 Å². The Hall–Kier alpha value is -3.47. The number of carbonyl (C=O) groups is 2. The van der Waals surface area contributed by atoms with E-state index in [1.165, 1.54) is 0 Å². The molecule has 0 radical (unpaired) electrons. The first kappa shape index (κ1) is 19.8. The number of nitrogens with zero attached hydrogens (tertiary/aromatic N) is 2. The van der Waals surface area contributed by atoms with Crippen LogP contribution in [0.3, 0.4) is 0 Å². The van der Waals surface area contributed by atoms with Gasteiger partial charge in [-0.2, -0.15) is 5.10 Å². The summed E-state index contributed by atoms with van der Waals surface area (Å²) in [5.74, 6) is 0.108. The van der Waals surface area contributed by atoms with Crippen molar-refractivity contribution in [2.75, 3.05) is 4.90 Å². The molecule has 1 atom stereocenters. The molecular weight excluding hydrogens is 374 g/mol. The van der Waals surface area contributed by atoms with Crippen LogP contribution in [0.5, 0.6) is 0 Å². The molecule has 1 aliphatic heterocycles. The van der Waals surface area contributed by atoms with E-state index in [0.717, 1.165) is 39.7 Å². The number of carbonyl (C=O) groups excluding carboxylic acids is 2. The highest BCUT2D eigenvalue weighted by atomic mass is 16.2. The normalized spacial score (nSPS) is 14.3. The molecule has 0 bridgehead atoms. The fourth-order valence-electron chi connectivity index (χ4n) is 3.69. The van der Waals surface area contributed by atoms with Crippen LogP contribution >= 0.6 is 0 Å². The lowest BCUT2D eigenvalue weighted by atomic mass is 10.1. The molecule has 1 aliphatic rings. The third kappa shape index (κ3) is 3.59. The second-order valence-corrected chi connectivity index (χ2v) is 7.77. The number of hydrogen-bond donors (Lipinski definition) is 1. The molecule has 0 aliphatic carbocycles. The minimum atomic E-state index is -0.237. The minimum absolute atomic E-state index is 0.0125. The molecule has 0 spiro atoms. The van der Waals surface area contributed by atoms with Crippen LogP contribution in [0.15, 0.2) is 65.8 Å². The van der Waals surface area contributed by atoms with Gasteiger partial charge in [0.05, 0.1) is 12.2 Å². The highest BCUT2D eigenvalue weighted by Gasteiger charge is 2.29. The van der Waals surface area contributed by atoms with Crippen LogP contribution in [0.1, 0.15) is 53.5 Å². The molecule has 30 heavy (non-hydrogen) atoms. The van der Waals surface area contributed by atoms with Crippen molar-refractivity contribution >= 4 is 34.0 Å². The van der Waals surface area contributed by atoms with Gasteiger partial charge in [0, 0.05) is 22.2 Å². The van der Waals surface area contributed by atoms with Crippen LogP contribution in [0, 0.1) is 5.92 Å². The molecule has 152 valence electrons. The van der Waals surface area contributed by atoms with Crippen LogP contribution < -0.4 is 10.3 Å². The van der Waals surface area contributed by atoms with E-state index in [1.54, 1.807) is 17.0 Å². The van der Waals surface area contributed by atoms with Crippen molar-refractivity contribution in [1.82, 2.24) is 5.43 Å². The molecule has 0 aromatic heterocycles. The average Bonchev–Trinajstić information content (AvgIpc) is 3.05. The summed E-state index contributed by atoms with van der Waals surface area (Å²) in [7, 11) is 0. The van der Waals surface area contributed by atoms with Crippen LogP contribution in [-0.2, 0) is 6.54 Å². The highest BCUT2D eigenvalue weighted by Crippen LogP contribution is 2.37. The Labute approximate surface area is 176 Å². The quantitative estimate of drug-likeness (QED) is 0.460. The highest BCUT2D eigenvalue weighted by molar-refractivity contribution is 6.24. The predicted octanol–water partition coefficient (Wildman–Crippen LogP) is 5.15. The molecule has 1 heterocycles. The zero-order valence-electron chi connectivity index (χ0n) is 17.5. The largest absolute Gasteiger partial charge is 0.303 e. The third-order valence-electron chi connectivity index (χ3n) is 5.87. The maximum Gasteiger partial charge on any atom is 0.271 e. The van der Waals surface area contributed by atoms with Crippen LogP contribution in [0.2, 0.25) is 0 Å². The molecule has 2 amide bonds. The van der Waals surface area contributed by atoms with Gasteiger partial charge in [0.15, 0.2) is 0 Å². The number of rotatable bonds is 6. The summed E-state index contributed by atoms with van der Waals surface area (Å²) in [6.45, 7) is 6.55. The molecule has 3 aromatic carbocycles. The molecule has 0 saturated carbocycles. The van der Waals surface area contributed by atoms with Crippen molar-refractivity contribution in [1.29, 1.82) is 0 Å². The number of nitrogens with one attached hydrogen (secondary N) is 1. The van der Waals surface area contributed by atoms with E-state index in [9.17, 15) is 9.59 Å². The Morgan fingerprint density at radius 3 is 2.47 bits per heavy atom. The van der Waals surface area contributed by atoms with Gasteiger partial charge in [-0.25, -0.2) is 5.43 Å². The lowest BCUT2D eigenvalue weighted by Crippen LogP contribution is -2.26. The van der Waals surface area contributed by atoms with Gasteiger partial charge < -0.3 is 4.90 Å². The Kier molecular flexibility index (Phi) is 5.36. The molecular formula is C25H25N3O2. The molecule has 5 heteroatoms. The Morgan fingerprint density at radius 1 is 1.07 bits per heavy atom. The lowest BCUT2D eigenvalue weighted by Gasteiger charge is -2.18. The van der Waals surface area contributed by atoms with E-state index >= 15 is 0 Å². The van der Waals surface area contributed by atoms with Gasteiger partial charge in [-0.15, -0.1) is 0 Å². The molecule has 0 unspecified atom stereocenters. The van der Waals surface area contributed by atoms with Gasteiger partial charge in [0.2, 0.25) is 0 Å². The standard InChI is InChI=1S/C25H25N3O2/c1-4-16(2)17(3)26-27-24(29)20-13-11-18(12-14-20)15-28-22-10-6-8-19-7-5-9-21(23(19)22)25(28)30/h5-14,16H,4,15H2,1-3H3,(H,27,29)/b26-17-/t16-/m1/s1. The first-order valence-corrected chi connectivity index (χ1v) is 10.3. The first-order chi connectivity index (χ1) is 14.5. The molecule has 1 N–H and O–H groups in total. The number of benzene rings is 3. The summed E-state index contributed by atoms with van der Waals surface area (Å²) in [6.07, 6.45) is 0.979. The Morgan fingerprint density at radius 2 is 1.77 bits per heavy atom. The van der Waals surface area contributed by atoms with E-state index in [-0.39, 0.29) is 11.8 Å². The smallest absolute Gasteiger partial charge is 0.271 e. The zero-order valence-corrected chi connectivity index (χ0v) is 17.5. The Bertz CT molecular complexity index is 1140. The number of hydrazone groups is 1. The van der Waals surface area contributed by atoms with Crippen molar-refractivity contribution in [2.24, 2.45) is 11.0 Å². The van der Waals surface area contributed by atoms with Crippen molar-refractivity contribution in [2.45, 2.75) is 33.7 Å². The maximum atomic E-state index is 12.9. The molecule has 0 saturated heterocycles. The lowest BCUT2D eigenvalue weighted by molar-refractivity contribution is 0.0952. The van der Waals surface area contributed by atoms with Gasteiger partial charge in [0.1, 0.15) is 0 Å². The molecule has 3 aromatic rings. The number of hydrogen-bond acceptors (Lipinski definition) is 3. The topological polar surface area (TPSA) is 61.8 Å². The molecule has 0 fully saturated rings. The second-order valence-electron chi connectivity index (χ2n) is 7.77. The van der Waals surface area contributed by atoms with Crippen molar-refractivity contribution in [3.63, 3.8) is 0 Å². The van der Waals surface area contributed by atoms with Gasteiger partial charge in [-0.1, -0.05) is 50.2 Å². The fourth-order valence-corrected chi connectivity index (χ4v) is 3.69. The van der Waals surface area contributed by atoms with Crippen molar-refractivity contribution in [3.8, 4) is 0 Å². The summed E-state index contributed by atoms with van der Waals surface area (Å²) >= 11 is 0. The number of anilines is 1. The SMILES string of the molecule is CC[C@@H](C)/C(C)=N\NC(=O)c1ccc(CN2C(=O)c3cccc4cccc2c34)cc1. The Balaban J connectivity index is 1.49. The second kappa shape index (κ2) is 8.11. The van der Waals surface area contributed by atoms with E-state index in [2.05, 4.69) is 24.4 Å². The first-order valence-electron chi connectivity index (χ1n) is 10.3. The zero-order chi connectivity index (χ0) is 21.3.